The summed E-state index contributed by atoms with van der Waals surface area (Å²) in [5.74, 6) is -0.267. The molecule has 0 aromatic heterocycles. The van der Waals surface area contributed by atoms with Gasteiger partial charge >= 0.3 is 0 Å². The van der Waals surface area contributed by atoms with Gasteiger partial charge in [0.15, 0.2) is 11.4 Å². The van der Waals surface area contributed by atoms with Gasteiger partial charge in [0, 0.05) is 131 Å². The van der Waals surface area contributed by atoms with Crippen molar-refractivity contribution in [3.8, 4) is 0 Å². The van der Waals surface area contributed by atoms with Crippen molar-refractivity contribution in [3.63, 3.8) is 0 Å². The van der Waals surface area contributed by atoms with Crippen LogP contribution < -0.4 is 19.6 Å². The van der Waals surface area contributed by atoms with Crippen LogP contribution in [0.2, 0.25) is 0 Å². The summed E-state index contributed by atoms with van der Waals surface area (Å²) >= 11 is 0. The molecule has 1 atom stereocenters. The molecule has 0 spiro atoms. The number of hydrogen-bond acceptors (Lipinski definition) is 4. The van der Waals surface area contributed by atoms with Crippen molar-refractivity contribution in [2.45, 2.75) is 179 Å². The van der Waals surface area contributed by atoms with Crippen LogP contribution in [0.1, 0.15) is 174 Å². The first-order chi connectivity index (χ1) is 61.1. The number of fused-ring (bicyclic) bond motifs is 18. The molecule has 12 aromatic rings. The average Bonchev–Trinajstić information content (AvgIpc) is 1.60. The number of nitrogens with zero attached hydrogens (tertiary/aromatic N) is 6. The van der Waals surface area contributed by atoms with Crippen molar-refractivity contribution in [2.24, 2.45) is 5.92 Å². The minimum absolute atomic E-state index is 0.0539. The molecular weight excluding hydrogens is 1540 g/mol. The normalized spacial score (nSPS) is 22.5. The molecule has 0 fully saturated rings. The summed E-state index contributed by atoms with van der Waals surface area (Å²) in [7, 11) is 14.0. The van der Waals surface area contributed by atoms with E-state index in [-0.39, 0.29) is 44.4 Å². The van der Waals surface area contributed by atoms with Crippen LogP contribution in [0.4, 0.5) is 34.1 Å². The standard InChI is InChI=1S/C121H122N6/c1-116(2)100(122(13)94-64-52-76-34-19-25-46-88(76)110(94)116)70-58-82-40-31-41-83(59-71-101-117(3,4)111-89-47-26-20-35-77(89)53-65-95(111)123(101)14)106(82)109(107-84(60-72-102-118(5,6)112-90-48-27-21-36-78(90)54-66-96(112)124(102)15)42-32-43-85(107)61-73-103-119(7,8)113-91-49-28-22-37-79(91)55-67-97(113)125(103)16)108-86(62-74-104-120(9,10)114-92-50-29-23-38-80(92)56-68-98(114)126(104)17)44-33-45-87(108)63-75-105-121(11,12)115-93-51-30-24-39-81(93)57-69-99(115)127(105)18/h19-30,34-39,46-75,100,109H,31-33,40-45H2,1-18H3/q+2. The Morgan fingerprint density at radius 3 is 0.906 bits per heavy atom. The van der Waals surface area contributed by atoms with E-state index in [9.17, 15) is 0 Å². The fourth-order valence-electron chi connectivity index (χ4n) is 25.9. The lowest BCUT2D eigenvalue weighted by molar-refractivity contribution is -0.401. The molecule has 6 heteroatoms. The lowest BCUT2D eigenvalue weighted by Crippen LogP contribution is -2.37. The molecule has 0 saturated carbocycles. The summed E-state index contributed by atoms with van der Waals surface area (Å²) in [5.41, 5.74) is 33.6. The molecule has 9 aliphatic rings. The summed E-state index contributed by atoms with van der Waals surface area (Å²) in [6, 6.07) is 82.8. The minimum atomic E-state index is -0.324. The minimum Gasteiger partial charge on any atom is -0.367 e. The van der Waals surface area contributed by atoms with E-state index in [1.54, 1.807) is 0 Å². The van der Waals surface area contributed by atoms with Gasteiger partial charge in [0.05, 0.1) is 16.9 Å². The Hall–Kier alpha value is -12.4. The molecule has 0 N–H and O–H groups in total. The molecule has 127 heavy (non-hydrogen) atoms. The highest BCUT2D eigenvalue weighted by atomic mass is 15.2. The van der Waals surface area contributed by atoms with Crippen LogP contribution in [0.3, 0.4) is 0 Å². The Kier molecular flexibility index (Phi) is 19.4. The monoisotopic (exact) mass is 1660 g/mol. The summed E-state index contributed by atoms with van der Waals surface area (Å²) in [6.45, 7) is 29.8. The van der Waals surface area contributed by atoms with Gasteiger partial charge in [-0.2, -0.15) is 9.15 Å². The summed E-state index contributed by atoms with van der Waals surface area (Å²) in [4.78, 5) is 10.2. The van der Waals surface area contributed by atoms with Crippen molar-refractivity contribution < 1.29 is 9.15 Å². The summed E-state index contributed by atoms with van der Waals surface area (Å²) < 4.78 is 5.05. The fourth-order valence-corrected chi connectivity index (χ4v) is 25.9. The van der Waals surface area contributed by atoms with Crippen LogP contribution in [0, 0.1) is 5.92 Å². The predicted molar refractivity (Wildman–Crippen MR) is 543 cm³/mol. The van der Waals surface area contributed by atoms with E-state index in [4.69, 9.17) is 0 Å². The number of allylic oxidation sites excluding steroid dienone is 23. The molecule has 6 aliphatic heterocycles. The van der Waals surface area contributed by atoms with Gasteiger partial charge in [-0.3, -0.25) is 0 Å². The highest BCUT2D eigenvalue weighted by Crippen LogP contribution is 2.59. The predicted octanol–water partition coefficient (Wildman–Crippen LogP) is 29.6. The second kappa shape index (κ2) is 30.2. The number of hydrogen-bond donors (Lipinski definition) is 0. The molecule has 1 unspecified atom stereocenters. The van der Waals surface area contributed by atoms with Crippen LogP contribution in [-0.2, 0) is 32.5 Å². The lowest BCUT2D eigenvalue weighted by atomic mass is 9.64. The Bertz CT molecular complexity index is 6960. The zero-order chi connectivity index (χ0) is 87.9. The zero-order valence-corrected chi connectivity index (χ0v) is 77.9. The third-order valence-corrected chi connectivity index (χ3v) is 31.9. The number of anilines is 4. The van der Waals surface area contributed by atoms with E-state index in [0.717, 1.165) is 57.8 Å². The highest BCUT2D eigenvalue weighted by Gasteiger charge is 2.50. The third-order valence-electron chi connectivity index (χ3n) is 31.9. The molecule has 6 heterocycles. The SMILES string of the molecule is CN1C(=CC=C2CCCC(C=CC3=[N+](C)c4ccc5ccccc5c4C3(C)C)=C2C(C2=C(C=CC3=[N+](C)c4ccc5ccccc5c4C3(C)C)CCCC2=CC=C2N(C)c3ccc4ccccc4c3C2(C)C)C2=C(C=CC3N(C)c4ccc5ccccc5c4C3(C)C)CCCC2=CC=C2N(C)c3ccc4ccccc4c3C2(C)C)C(C)(C)c2c1ccc1ccccc21. The van der Waals surface area contributed by atoms with E-state index in [0.29, 0.717) is 0 Å². The van der Waals surface area contributed by atoms with Crippen molar-refractivity contribution in [1.29, 1.82) is 0 Å². The summed E-state index contributed by atoms with van der Waals surface area (Å²) in [5, 5.41) is 15.7. The lowest BCUT2D eigenvalue weighted by Gasteiger charge is -2.39. The zero-order valence-electron chi connectivity index (χ0n) is 77.9. The van der Waals surface area contributed by atoms with Crippen LogP contribution >= 0.6 is 0 Å². The largest absolute Gasteiger partial charge is 0.367 e. The Balaban J connectivity index is 0.878. The quantitative estimate of drug-likeness (QED) is 0.114. The van der Waals surface area contributed by atoms with Gasteiger partial charge in [-0.05, 0) is 277 Å². The second-order valence-electron chi connectivity index (χ2n) is 41.1. The molecule has 0 saturated heterocycles. The molecular formula is C121H122N6+2. The second-order valence-corrected chi connectivity index (χ2v) is 41.1. The maximum atomic E-state index is 2.69. The van der Waals surface area contributed by atoms with E-state index in [1.165, 1.54) is 211 Å². The molecule has 634 valence electrons. The molecule has 0 radical (unpaired) electrons. The van der Waals surface area contributed by atoms with Crippen LogP contribution in [0.15, 0.2) is 359 Å². The Labute approximate surface area is 753 Å². The molecule has 3 aliphatic carbocycles. The van der Waals surface area contributed by atoms with Crippen LogP contribution in [0.25, 0.3) is 64.6 Å². The number of rotatable bonds is 12. The van der Waals surface area contributed by atoms with E-state index >= 15 is 0 Å². The third kappa shape index (κ3) is 12.6. The van der Waals surface area contributed by atoms with Gasteiger partial charge < -0.3 is 19.6 Å². The molecule has 0 amide bonds. The van der Waals surface area contributed by atoms with Gasteiger partial charge in [0.1, 0.15) is 14.1 Å². The van der Waals surface area contributed by atoms with Gasteiger partial charge in [-0.25, -0.2) is 0 Å². The molecule has 6 nitrogen and oxygen atoms in total. The molecule has 21 rings (SSSR count). The van der Waals surface area contributed by atoms with Gasteiger partial charge in [0.2, 0.25) is 11.4 Å². The van der Waals surface area contributed by atoms with Crippen molar-refractivity contribution >= 4 is 110 Å². The topological polar surface area (TPSA) is 19.0 Å². The van der Waals surface area contributed by atoms with Crippen molar-refractivity contribution in [1.82, 2.24) is 0 Å². The highest BCUT2D eigenvalue weighted by molar-refractivity contribution is 6.10. The number of benzene rings is 12. The molecule has 12 aromatic carbocycles. The van der Waals surface area contributed by atoms with Gasteiger partial charge in [0.25, 0.3) is 0 Å². The van der Waals surface area contributed by atoms with Crippen LogP contribution in [0.5, 0.6) is 0 Å². The fraction of sp³-hybridized carbons (Fsp3) is 0.289. The Morgan fingerprint density at radius 1 is 0.291 bits per heavy atom. The molecule has 0 bridgehead atoms. The van der Waals surface area contributed by atoms with Crippen LogP contribution in [-0.4, -0.2) is 68.9 Å². The summed E-state index contributed by atoms with van der Waals surface area (Å²) in [6.07, 6.45) is 40.1. The maximum absolute atomic E-state index is 2.69. The van der Waals surface area contributed by atoms with Gasteiger partial charge in [-0.15, -0.1) is 0 Å². The number of likely N-dealkylation sites (N-methyl/N-ethyl adjacent to an activating group) is 4. The van der Waals surface area contributed by atoms with Crippen molar-refractivity contribution in [2.75, 3.05) is 61.9 Å². The van der Waals surface area contributed by atoms with Crippen molar-refractivity contribution in [3.05, 3.63) is 392 Å². The van der Waals surface area contributed by atoms with E-state index in [1.807, 2.05) is 0 Å². The smallest absolute Gasteiger partial charge is 0.210 e. The van der Waals surface area contributed by atoms with Gasteiger partial charge in [-0.1, -0.05) is 268 Å². The average molecular weight is 1660 g/mol. The first-order valence-corrected chi connectivity index (χ1v) is 46.9. The first-order valence-electron chi connectivity index (χ1n) is 46.9. The van der Waals surface area contributed by atoms with E-state index in [2.05, 4.69) is 445 Å². The van der Waals surface area contributed by atoms with E-state index < -0.39 is 0 Å². The first kappa shape index (κ1) is 81.6. The maximum Gasteiger partial charge on any atom is 0.210 e. The Morgan fingerprint density at radius 2 is 0.575 bits per heavy atom.